The fourth-order valence-electron chi connectivity index (χ4n) is 2.49. The van der Waals surface area contributed by atoms with Crippen LogP contribution >= 0.6 is 11.6 Å². The SMILES string of the molecule is CCC(C(=O)Nc1cc(C(=O)N(C)C)ccc1Cl)c1ccccc1. The van der Waals surface area contributed by atoms with Gasteiger partial charge in [0.05, 0.1) is 16.6 Å². The summed E-state index contributed by atoms with van der Waals surface area (Å²) in [5.41, 5.74) is 1.88. The van der Waals surface area contributed by atoms with Crippen LogP contribution < -0.4 is 5.32 Å². The average molecular weight is 345 g/mol. The standard InChI is InChI=1S/C19H21ClN2O2/c1-4-15(13-8-6-5-7-9-13)18(23)21-17-12-14(10-11-16(17)20)19(24)22(2)3/h5-12,15H,4H2,1-3H3,(H,21,23). The molecule has 5 heteroatoms. The number of halogens is 1. The maximum Gasteiger partial charge on any atom is 0.253 e. The van der Waals surface area contributed by atoms with Gasteiger partial charge in [-0.05, 0) is 30.2 Å². The zero-order valence-corrected chi connectivity index (χ0v) is 14.8. The Bertz CT molecular complexity index is 729. The Labute approximate surface area is 147 Å². The lowest BCUT2D eigenvalue weighted by Gasteiger charge is -2.17. The summed E-state index contributed by atoms with van der Waals surface area (Å²) in [4.78, 5) is 26.2. The van der Waals surface area contributed by atoms with E-state index < -0.39 is 0 Å². The van der Waals surface area contributed by atoms with Gasteiger partial charge >= 0.3 is 0 Å². The Kier molecular flexibility index (Phi) is 5.99. The molecule has 0 radical (unpaired) electrons. The highest BCUT2D eigenvalue weighted by Gasteiger charge is 2.20. The predicted octanol–water partition coefficient (Wildman–Crippen LogP) is 4.17. The molecule has 1 unspecified atom stereocenters. The molecule has 0 saturated heterocycles. The number of amides is 2. The quantitative estimate of drug-likeness (QED) is 0.884. The summed E-state index contributed by atoms with van der Waals surface area (Å²) < 4.78 is 0. The molecule has 1 N–H and O–H groups in total. The van der Waals surface area contributed by atoms with Gasteiger partial charge in [0.1, 0.15) is 0 Å². The highest BCUT2D eigenvalue weighted by molar-refractivity contribution is 6.34. The van der Waals surface area contributed by atoms with Gasteiger partial charge in [-0.1, -0.05) is 48.9 Å². The maximum atomic E-state index is 12.6. The smallest absolute Gasteiger partial charge is 0.253 e. The van der Waals surface area contributed by atoms with E-state index in [0.717, 1.165) is 5.56 Å². The van der Waals surface area contributed by atoms with Crippen LogP contribution in [0, 0.1) is 0 Å². The number of anilines is 1. The predicted molar refractivity (Wildman–Crippen MR) is 97.6 cm³/mol. The maximum absolute atomic E-state index is 12.6. The molecule has 4 nitrogen and oxygen atoms in total. The number of carbonyl (C=O) groups excluding carboxylic acids is 2. The molecular weight excluding hydrogens is 324 g/mol. The number of carbonyl (C=O) groups is 2. The molecule has 0 aliphatic heterocycles. The molecule has 2 aromatic carbocycles. The van der Waals surface area contributed by atoms with Crippen LogP contribution in [0.1, 0.15) is 35.2 Å². The molecule has 0 bridgehead atoms. The zero-order chi connectivity index (χ0) is 17.7. The van der Waals surface area contributed by atoms with Crippen LogP contribution in [0.3, 0.4) is 0 Å². The van der Waals surface area contributed by atoms with Crippen molar-refractivity contribution >= 4 is 29.1 Å². The summed E-state index contributed by atoms with van der Waals surface area (Å²) in [6.45, 7) is 1.96. The molecule has 126 valence electrons. The van der Waals surface area contributed by atoms with E-state index in [-0.39, 0.29) is 17.7 Å². The lowest BCUT2D eigenvalue weighted by molar-refractivity contribution is -0.117. The number of rotatable bonds is 5. The highest BCUT2D eigenvalue weighted by Crippen LogP contribution is 2.27. The summed E-state index contributed by atoms with van der Waals surface area (Å²) in [5, 5.41) is 3.26. The van der Waals surface area contributed by atoms with Gasteiger partial charge in [0, 0.05) is 19.7 Å². The number of benzene rings is 2. The van der Waals surface area contributed by atoms with Crippen LogP contribution in [-0.2, 0) is 4.79 Å². The molecular formula is C19H21ClN2O2. The van der Waals surface area contributed by atoms with Crippen molar-refractivity contribution in [1.82, 2.24) is 4.90 Å². The lowest BCUT2D eigenvalue weighted by atomic mass is 9.95. The summed E-state index contributed by atoms with van der Waals surface area (Å²) in [6, 6.07) is 14.5. The highest BCUT2D eigenvalue weighted by atomic mass is 35.5. The second kappa shape index (κ2) is 7.97. The third-order valence-corrected chi connectivity index (χ3v) is 4.13. The minimum absolute atomic E-state index is 0.139. The molecule has 0 aliphatic carbocycles. The van der Waals surface area contributed by atoms with Gasteiger partial charge in [-0.2, -0.15) is 0 Å². The molecule has 1 atom stereocenters. The van der Waals surface area contributed by atoms with Crippen molar-refractivity contribution in [1.29, 1.82) is 0 Å². The molecule has 0 saturated carbocycles. The first-order valence-electron chi connectivity index (χ1n) is 7.81. The van der Waals surface area contributed by atoms with Crippen LogP contribution in [0.15, 0.2) is 48.5 Å². The Balaban J connectivity index is 2.24. The summed E-state index contributed by atoms with van der Waals surface area (Å²) in [5.74, 6) is -0.548. The minimum Gasteiger partial charge on any atom is -0.345 e. The van der Waals surface area contributed by atoms with Gasteiger partial charge in [-0.25, -0.2) is 0 Å². The van der Waals surface area contributed by atoms with Crippen LogP contribution in [0.5, 0.6) is 0 Å². The van der Waals surface area contributed by atoms with E-state index in [1.54, 1.807) is 32.3 Å². The van der Waals surface area contributed by atoms with Crippen LogP contribution in [0.2, 0.25) is 5.02 Å². The Morgan fingerprint density at radius 1 is 1.12 bits per heavy atom. The van der Waals surface area contributed by atoms with Crippen molar-refractivity contribution in [2.45, 2.75) is 19.3 Å². The third-order valence-electron chi connectivity index (χ3n) is 3.80. The van der Waals surface area contributed by atoms with E-state index in [1.807, 2.05) is 37.3 Å². The van der Waals surface area contributed by atoms with Crippen LogP contribution in [0.4, 0.5) is 5.69 Å². The molecule has 0 fully saturated rings. The topological polar surface area (TPSA) is 49.4 Å². The third kappa shape index (κ3) is 4.15. The molecule has 2 aromatic rings. The van der Waals surface area contributed by atoms with Crippen LogP contribution in [0.25, 0.3) is 0 Å². The lowest BCUT2D eigenvalue weighted by Crippen LogP contribution is -2.23. The van der Waals surface area contributed by atoms with E-state index in [2.05, 4.69) is 5.32 Å². The van der Waals surface area contributed by atoms with Gasteiger partial charge in [0.2, 0.25) is 5.91 Å². The van der Waals surface area contributed by atoms with E-state index in [4.69, 9.17) is 11.6 Å². The Morgan fingerprint density at radius 3 is 2.38 bits per heavy atom. The minimum atomic E-state index is -0.268. The summed E-state index contributed by atoms with van der Waals surface area (Å²) in [7, 11) is 3.36. The normalized spacial score (nSPS) is 11.7. The first kappa shape index (κ1) is 18.0. The molecule has 24 heavy (non-hydrogen) atoms. The van der Waals surface area contributed by atoms with Crippen molar-refractivity contribution in [2.24, 2.45) is 0 Å². The molecule has 0 aliphatic rings. The van der Waals surface area contributed by atoms with Crippen molar-refractivity contribution in [2.75, 3.05) is 19.4 Å². The van der Waals surface area contributed by atoms with E-state index in [1.165, 1.54) is 4.90 Å². The first-order chi connectivity index (χ1) is 11.4. The van der Waals surface area contributed by atoms with Crippen molar-refractivity contribution < 1.29 is 9.59 Å². The molecule has 2 rings (SSSR count). The van der Waals surface area contributed by atoms with Crippen molar-refractivity contribution in [3.63, 3.8) is 0 Å². The Morgan fingerprint density at radius 2 is 1.79 bits per heavy atom. The molecule has 0 aromatic heterocycles. The largest absolute Gasteiger partial charge is 0.345 e. The molecule has 0 heterocycles. The van der Waals surface area contributed by atoms with Gasteiger partial charge in [0.15, 0.2) is 0 Å². The second-order valence-corrected chi connectivity index (χ2v) is 6.16. The van der Waals surface area contributed by atoms with Gasteiger partial charge in [0.25, 0.3) is 5.91 Å². The van der Waals surface area contributed by atoms with Crippen molar-refractivity contribution in [3.05, 3.63) is 64.7 Å². The Hall–Kier alpha value is -2.33. The number of nitrogens with one attached hydrogen (secondary N) is 1. The fourth-order valence-corrected chi connectivity index (χ4v) is 2.65. The average Bonchev–Trinajstić information content (AvgIpc) is 2.57. The molecule has 0 spiro atoms. The first-order valence-corrected chi connectivity index (χ1v) is 8.18. The second-order valence-electron chi connectivity index (χ2n) is 5.75. The van der Waals surface area contributed by atoms with E-state index >= 15 is 0 Å². The summed E-state index contributed by atoms with van der Waals surface area (Å²) in [6.07, 6.45) is 0.670. The monoisotopic (exact) mass is 344 g/mol. The van der Waals surface area contributed by atoms with Gasteiger partial charge < -0.3 is 10.2 Å². The summed E-state index contributed by atoms with van der Waals surface area (Å²) >= 11 is 6.18. The van der Waals surface area contributed by atoms with Crippen LogP contribution in [-0.4, -0.2) is 30.8 Å². The van der Waals surface area contributed by atoms with Gasteiger partial charge in [-0.15, -0.1) is 0 Å². The van der Waals surface area contributed by atoms with E-state index in [0.29, 0.717) is 22.7 Å². The number of hydrogen-bond donors (Lipinski definition) is 1. The molecule has 2 amide bonds. The van der Waals surface area contributed by atoms with E-state index in [9.17, 15) is 9.59 Å². The van der Waals surface area contributed by atoms with Gasteiger partial charge in [-0.3, -0.25) is 9.59 Å². The zero-order valence-electron chi connectivity index (χ0n) is 14.0. The number of hydrogen-bond acceptors (Lipinski definition) is 2. The number of nitrogens with zero attached hydrogens (tertiary/aromatic N) is 1. The van der Waals surface area contributed by atoms with Crippen molar-refractivity contribution in [3.8, 4) is 0 Å². The fraction of sp³-hybridized carbons (Fsp3) is 0.263.